The second kappa shape index (κ2) is 6.00. The molecule has 1 fully saturated rings. The van der Waals surface area contributed by atoms with E-state index < -0.39 is 0 Å². The number of hydrogen-bond donors (Lipinski definition) is 3. The molecule has 1 aromatic rings. The third-order valence-electron chi connectivity index (χ3n) is 3.40. The monoisotopic (exact) mass is 250 g/mol. The molecular weight excluding hydrogens is 228 g/mol. The topological polar surface area (TPSA) is 70.1 Å². The van der Waals surface area contributed by atoms with Gasteiger partial charge in [0.15, 0.2) is 0 Å². The molecule has 0 saturated heterocycles. The molecular formula is C13H22N4O. The summed E-state index contributed by atoms with van der Waals surface area (Å²) in [6.07, 6.45) is 4.37. The molecule has 0 bridgehead atoms. The maximum absolute atomic E-state index is 9.25. The summed E-state index contributed by atoms with van der Waals surface area (Å²) in [7, 11) is 0. The number of hydrogen-bond acceptors (Lipinski definition) is 5. The van der Waals surface area contributed by atoms with Gasteiger partial charge >= 0.3 is 0 Å². The minimum Gasteiger partial charge on any atom is -0.393 e. The maximum atomic E-state index is 9.25. The Hall–Kier alpha value is -1.36. The number of rotatable bonds is 6. The van der Waals surface area contributed by atoms with Crippen LogP contribution in [0.2, 0.25) is 0 Å². The number of nitrogens with one attached hydrogen (secondary N) is 2. The molecule has 2 rings (SSSR count). The average Bonchev–Trinajstić information content (AvgIpc) is 2.33. The Kier molecular flexibility index (Phi) is 4.36. The van der Waals surface area contributed by atoms with E-state index in [9.17, 15) is 5.11 Å². The summed E-state index contributed by atoms with van der Waals surface area (Å²) in [4.78, 5) is 8.52. The van der Waals surface area contributed by atoms with Crippen molar-refractivity contribution in [3.05, 3.63) is 11.9 Å². The third kappa shape index (κ3) is 3.10. The fraction of sp³-hybridized carbons (Fsp3) is 0.692. The highest BCUT2D eigenvalue weighted by Gasteiger charge is 2.26. The van der Waals surface area contributed by atoms with Crippen LogP contribution >= 0.6 is 0 Å². The summed E-state index contributed by atoms with van der Waals surface area (Å²) < 4.78 is 0. The van der Waals surface area contributed by atoms with Crippen LogP contribution in [0.1, 0.15) is 31.7 Å². The normalized spacial score (nSPS) is 22.4. The Morgan fingerprint density at radius 2 is 1.94 bits per heavy atom. The van der Waals surface area contributed by atoms with Crippen LogP contribution in [-0.2, 0) is 0 Å². The van der Waals surface area contributed by atoms with Crippen LogP contribution in [0.15, 0.2) is 6.33 Å². The van der Waals surface area contributed by atoms with Crippen LogP contribution in [0.25, 0.3) is 0 Å². The van der Waals surface area contributed by atoms with Crippen LogP contribution in [0, 0.1) is 12.8 Å². The zero-order valence-electron chi connectivity index (χ0n) is 11.1. The van der Waals surface area contributed by atoms with E-state index in [-0.39, 0.29) is 6.10 Å². The van der Waals surface area contributed by atoms with Gasteiger partial charge in [-0.1, -0.05) is 6.92 Å². The van der Waals surface area contributed by atoms with Gasteiger partial charge in [0.2, 0.25) is 0 Å². The molecule has 0 aromatic carbocycles. The number of anilines is 2. The standard InChI is InChI=1S/C13H22N4O/c1-3-4-14-12-9(2)13(17-8-16-12)15-7-10-5-11(18)6-10/h8,10-11,18H,3-7H2,1-2H3,(H2,14,15,16,17). The summed E-state index contributed by atoms with van der Waals surface area (Å²) in [6.45, 7) is 5.95. The van der Waals surface area contributed by atoms with E-state index in [1.807, 2.05) is 6.92 Å². The van der Waals surface area contributed by atoms with E-state index in [0.717, 1.165) is 49.6 Å². The first-order chi connectivity index (χ1) is 8.70. The Labute approximate surface area is 108 Å². The molecule has 1 heterocycles. The molecule has 100 valence electrons. The molecule has 0 spiro atoms. The molecule has 1 aliphatic rings. The highest BCUT2D eigenvalue weighted by atomic mass is 16.3. The Balaban J connectivity index is 1.91. The fourth-order valence-corrected chi connectivity index (χ4v) is 2.16. The van der Waals surface area contributed by atoms with Crippen molar-refractivity contribution in [1.82, 2.24) is 9.97 Å². The van der Waals surface area contributed by atoms with Gasteiger partial charge in [-0.15, -0.1) is 0 Å². The molecule has 0 atom stereocenters. The summed E-state index contributed by atoms with van der Waals surface area (Å²) >= 11 is 0. The Bertz CT molecular complexity index is 391. The molecule has 18 heavy (non-hydrogen) atoms. The highest BCUT2D eigenvalue weighted by molar-refractivity contribution is 5.56. The van der Waals surface area contributed by atoms with Crippen LogP contribution in [-0.4, -0.2) is 34.3 Å². The molecule has 0 unspecified atom stereocenters. The van der Waals surface area contributed by atoms with Crippen molar-refractivity contribution >= 4 is 11.6 Å². The second-order valence-electron chi connectivity index (χ2n) is 4.99. The number of nitrogens with zero attached hydrogens (tertiary/aromatic N) is 2. The van der Waals surface area contributed by atoms with Crippen molar-refractivity contribution in [2.24, 2.45) is 5.92 Å². The lowest BCUT2D eigenvalue weighted by molar-refractivity contribution is 0.0486. The SMILES string of the molecule is CCCNc1ncnc(NCC2CC(O)C2)c1C. The van der Waals surface area contributed by atoms with Crippen LogP contribution in [0.3, 0.4) is 0 Å². The van der Waals surface area contributed by atoms with Crippen molar-refractivity contribution in [1.29, 1.82) is 0 Å². The van der Waals surface area contributed by atoms with Gasteiger partial charge in [0.05, 0.1) is 6.10 Å². The largest absolute Gasteiger partial charge is 0.393 e. The molecule has 0 aliphatic heterocycles. The molecule has 1 saturated carbocycles. The number of aliphatic hydroxyl groups is 1. The lowest BCUT2D eigenvalue weighted by Crippen LogP contribution is -2.33. The molecule has 1 aromatic heterocycles. The molecule has 5 heteroatoms. The zero-order valence-corrected chi connectivity index (χ0v) is 11.1. The van der Waals surface area contributed by atoms with Gasteiger partial charge in [0.1, 0.15) is 18.0 Å². The minimum atomic E-state index is -0.0925. The predicted molar refractivity (Wildman–Crippen MR) is 72.8 cm³/mol. The van der Waals surface area contributed by atoms with Crippen molar-refractivity contribution in [2.45, 2.75) is 39.2 Å². The molecule has 0 amide bonds. The minimum absolute atomic E-state index is 0.0925. The fourth-order valence-electron chi connectivity index (χ4n) is 2.16. The van der Waals surface area contributed by atoms with Crippen LogP contribution in [0.4, 0.5) is 11.6 Å². The van der Waals surface area contributed by atoms with Crippen molar-refractivity contribution in [2.75, 3.05) is 23.7 Å². The molecule has 1 aliphatic carbocycles. The smallest absolute Gasteiger partial charge is 0.134 e. The van der Waals surface area contributed by atoms with Gasteiger partial charge in [0.25, 0.3) is 0 Å². The molecule has 0 radical (unpaired) electrons. The summed E-state index contributed by atoms with van der Waals surface area (Å²) in [6, 6.07) is 0. The Morgan fingerprint density at radius 3 is 2.56 bits per heavy atom. The second-order valence-corrected chi connectivity index (χ2v) is 4.99. The van der Waals surface area contributed by atoms with E-state index in [0.29, 0.717) is 5.92 Å². The van der Waals surface area contributed by atoms with E-state index in [2.05, 4.69) is 27.5 Å². The first-order valence-electron chi connectivity index (χ1n) is 6.68. The maximum Gasteiger partial charge on any atom is 0.134 e. The lowest BCUT2D eigenvalue weighted by Gasteiger charge is -2.31. The first kappa shape index (κ1) is 13.1. The third-order valence-corrected chi connectivity index (χ3v) is 3.40. The van der Waals surface area contributed by atoms with Crippen molar-refractivity contribution in [3.63, 3.8) is 0 Å². The van der Waals surface area contributed by atoms with Crippen LogP contribution in [0.5, 0.6) is 0 Å². The average molecular weight is 250 g/mol. The van der Waals surface area contributed by atoms with E-state index in [1.165, 1.54) is 0 Å². The van der Waals surface area contributed by atoms with Gasteiger partial charge in [-0.3, -0.25) is 0 Å². The van der Waals surface area contributed by atoms with Gasteiger partial charge in [-0.25, -0.2) is 9.97 Å². The lowest BCUT2D eigenvalue weighted by atomic mass is 9.82. The highest BCUT2D eigenvalue weighted by Crippen LogP contribution is 2.27. The predicted octanol–water partition coefficient (Wildman–Crippen LogP) is 1.79. The van der Waals surface area contributed by atoms with Crippen molar-refractivity contribution < 1.29 is 5.11 Å². The summed E-state index contributed by atoms with van der Waals surface area (Å²) in [5, 5.41) is 15.9. The van der Waals surface area contributed by atoms with E-state index >= 15 is 0 Å². The van der Waals surface area contributed by atoms with Crippen molar-refractivity contribution in [3.8, 4) is 0 Å². The quantitative estimate of drug-likeness (QED) is 0.718. The molecule has 3 N–H and O–H groups in total. The van der Waals surface area contributed by atoms with Gasteiger partial charge in [0, 0.05) is 18.7 Å². The van der Waals surface area contributed by atoms with E-state index in [1.54, 1.807) is 6.33 Å². The first-order valence-corrected chi connectivity index (χ1v) is 6.68. The molecule has 5 nitrogen and oxygen atoms in total. The number of aromatic nitrogens is 2. The Morgan fingerprint density at radius 1 is 1.28 bits per heavy atom. The summed E-state index contributed by atoms with van der Waals surface area (Å²) in [5.41, 5.74) is 1.06. The van der Waals surface area contributed by atoms with Gasteiger partial charge < -0.3 is 15.7 Å². The summed E-state index contributed by atoms with van der Waals surface area (Å²) in [5.74, 6) is 2.37. The van der Waals surface area contributed by atoms with E-state index in [4.69, 9.17) is 0 Å². The van der Waals surface area contributed by atoms with Crippen LogP contribution < -0.4 is 10.6 Å². The number of aliphatic hydroxyl groups excluding tert-OH is 1. The van der Waals surface area contributed by atoms with Gasteiger partial charge in [-0.05, 0) is 32.1 Å². The zero-order chi connectivity index (χ0) is 13.0. The van der Waals surface area contributed by atoms with Gasteiger partial charge in [-0.2, -0.15) is 0 Å².